The molecular formula is C7H13FN+. The molecule has 0 spiro atoms. The Labute approximate surface area is 55.1 Å². The number of nitrogens with zero attached hydrogens (tertiary/aromatic N) is 1. The van der Waals surface area contributed by atoms with Gasteiger partial charge in [0.2, 0.25) is 6.17 Å². The molecule has 0 saturated carbocycles. The summed E-state index contributed by atoms with van der Waals surface area (Å²) in [5.41, 5.74) is 0.0278. The fourth-order valence-electron chi connectivity index (χ4n) is 2.08. The topological polar surface area (TPSA) is 0 Å². The lowest BCUT2D eigenvalue weighted by molar-refractivity contribution is -1.05. The molecule has 0 aromatic rings. The molecule has 0 N–H and O–H groups in total. The minimum Gasteiger partial charge on any atom is -0.316 e. The molecular weight excluding hydrogens is 117 g/mol. The van der Waals surface area contributed by atoms with Crippen LogP contribution in [0.4, 0.5) is 4.39 Å². The van der Waals surface area contributed by atoms with Crippen LogP contribution in [0, 0.1) is 0 Å². The number of piperidine rings is 1. The third-order valence-corrected chi connectivity index (χ3v) is 3.58. The standard InChI is InChI=1S/C7H13FN/c1-7-3-4-9(7,2)5-6(7)8/h6H,3-5H2,1-2H3/q+1/t6?,7-,9?/m1/s1. The third kappa shape index (κ3) is 0.379. The Bertz CT molecular complexity index is 159. The molecule has 0 radical (unpaired) electrons. The molecule has 2 aliphatic heterocycles. The van der Waals surface area contributed by atoms with E-state index in [0.29, 0.717) is 0 Å². The maximum absolute atomic E-state index is 12.8. The third-order valence-electron chi connectivity index (χ3n) is 3.58. The van der Waals surface area contributed by atoms with Gasteiger partial charge in [-0.1, -0.05) is 0 Å². The fourth-order valence-corrected chi connectivity index (χ4v) is 2.08. The van der Waals surface area contributed by atoms with E-state index >= 15 is 0 Å². The largest absolute Gasteiger partial charge is 0.316 e. The Balaban J connectivity index is 2.21. The molecule has 2 unspecified atom stereocenters. The van der Waals surface area contributed by atoms with E-state index < -0.39 is 6.17 Å². The minimum absolute atomic E-state index is 0.0278. The van der Waals surface area contributed by atoms with Crippen LogP contribution >= 0.6 is 0 Å². The highest BCUT2D eigenvalue weighted by Gasteiger charge is 2.69. The van der Waals surface area contributed by atoms with E-state index in [1.807, 2.05) is 0 Å². The normalized spacial score (nSPS) is 63.7. The summed E-state index contributed by atoms with van der Waals surface area (Å²) in [6.45, 7) is 4.01. The van der Waals surface area contributed by atoms with Gasteiger partial charge in [0.1, 0.15) is 12.1 Å². The summed E-state index contributed by atoms with van der Waals surface area (Å²) in [6.07, 6.45) is 0.571. The lowest BCUT2D eigenvalue weighted by Crippen LogP contribution is -2.85. The molecule has 2 saturated heterocycles. The van der Waals surface area contributed by atoms with Crippen molar-refractivity contribution in [1.29, 1.82) is 0 Å². The molecule has 0 aromatic carbocycles. The summed E-state index contributed by atoms with van der Waals surface area (Å²) in [4.78, 5) is 0. The average molecular weight is 130 g/mol. The maximum Gasteiger partial charge on any atom is 0.203 e. The van der Waals surface area contributed by atoms with Crippen LogP contribution in [0.2, 0.25) is 0 Å². The Morgan fingerprint density at radius 2 is 2.33 bits per heavy atom. The second kappa shape index (κ2) is 1.17. The van der Waals surface area contributed by atoms with Gasteiger partial charge in [0.25, 0.3) is 0 Å². The maximum atomic E-state index is 12.8. The van der Waals surface area contributed by atoms with Gasteiger partial charge < -0.3 is 4.48 Å². The zero-order chi connectivity index (χ0) is 6.70. The van der Waals surface area contributed by atoms with Gasteiger partial charge in [-0.25, -0.2) is 4.39 Å². The number of hydrogen-bond acceptors (Lipinski definition) is 0. The van der Waals surface area contributed by atoms with E-state index in [-0.39, 0.29) is 5.54 Å². The lowest BCUT2D eigenvalue weighted by atomic mass is 9.70. The first-order valence-electron chi connectivity index (χ1n) is 3.57. The molecule has 0 aromatic heterocycles. The summed E-state index contributed by atoms with van der Waals surface area (Å²) in [6, 6.07) is 0. The summed E-state index contributed by atoms with van der Waals surface area (Å²) >= 11 is 0. The van der Waals surface area contributed by atoms with E-state index in [0.717, 1.165) is 17.4 Å². The summed E-state index contributed by atoms with van der Waals surface area (Å²) in [5, 5.41) is 0. The van der Waals surface area contributed by atoms with E-state index in [9.17, 15) is 4.39 Å². The van der Waals surface area contributed by atoms with Crippen molar-refractivity contribution in [2.24, 2.45) is 0 Å². The molecule has 0 bridgehead atoms. The highest BCUT2D eigenvalue weighted by Crippen LogP contribution is 2.50. The zero-order valence-electron chi connectivity index (χ0n) is 6.02. The quantitative estimate of drug-likeness (QED) is 0.428. The van der Waals surface area contributed by atoms with E-state index in [1.165, 1.54) is 6.54 Å². The van der Waals surface area contributed by atoms with Crippen molar-refractivity contribution in [3.8, 4) is 0 Å². The number of rotatable bonds is 0. The van der Waals surface area contributed by atoms with E-state index in [2.05, 4.69) is 14.0 Å². The molecule has 2 heterocycles. The molecule has 1 nitrogen and oxygen atoms in total. The van der Waals surface area contributed by atoms with Gasteiger partial charge in [-0.2, -0.15) is 0 Å². The molecule has 0 aliphatic carbocycles. The molecule has 3 atom stereocenters. The highest BCUT2D eigenvalue weighted by molar-refractivity contribution is 4.99. The summed E-state index contributed by atoms with van der Waals surface area (Å²) in [5.74, 6) is 0. The van der Waals surface area contributed by atoms with Crippen LogP contribution in [0.1, 0.15) is 13.3 Å². The van der Waals surface area contributed by atoms with E-state index in [4.69, 9.17) is 0 Å². The molecule has 0 amide bonds. The minimum atomic E-state index is -0.517. The first-order chi connectivity index (χ1) is 4.08. The number of fused-ring (bicyclic) bond motifs is 1. The first-order valence-corrected chi connectivity index (χ1v) is 3.57. The highest BCUT2D eigenvalue weighted by atomic mass is 19.1. The van der Waals surface area contributed by atoms with Gasteiger partial charge in [-0.3, -0.25) is 0 Å². The monoisotopic (exact) mass is 130 g/mol. The van der Waals surface area contributed by atoms with Gasteiger partial charge in [-0.05, 0) is 6.92 Å². The predicted molar refractivity (Wildman–Crippen MR) is 33.8 cm³/mol. The van der Waals surface area contributed by atoms with Crippen molar-refractivity contribution in [3.05, 3.63) is 0 Å². The molecule has 2 rings (SSSR count). The lowest BCUT2D eigenvalue weighted by Gasteiger charge is -2.67. The second-order valence-electron chi connectivity index (χ2n) is 3.88. The second-order valence-corrected chi connectivity index (χ2v) is 3.88. The van der Waals surface area contributed by atoms with Crippen LogP contribution < -0.4 is 0 Å². The Kier molecular flexibility index (Phi) is 0.736. The molecule has 2 fully saturated rings. The number of alkyl halides is 1. The SMILES string of the molecule is C[C@]12CC[N+]1(C)CC2F. The van der Waals surface area contributed by atoms with Crippen LogP contribution in [0.25, 0.3) is 0 Å². The number of hydrogen-bond donors (Lipinski definition) is 0. The fraction of sp³-hybridized carbons (Fsp3) is 1.00. The Hall–Kier alpha value is -0.110. The molecule has 2 heteroatoms. The van der Waals surface area contributed by atoms with Gasteiger partial charge in [0.15, 0.2) is 0 Å². The zero-order valence-corrected chi connectivity index (χ0v) is 6.02. The van der Waals surface area contributed by atoms with Gasteiger partial charge in [0, 0.05) is 0 Å². The van der Waals surface area contributed by atoms with Gasteiger partial charge in [-0.15, -0.1) is 0 Å². The predicted octanol–water partition coefficient (Wildman–Crippen LogP) is 0.947. The van der Waals surface area contributed by atoms with E-state index in [1.54, 1.807) is 0 Å². The van der Waals surface area contributed by atoms with Crippen LogP contribution in [0.15, 0.2) is 0 Å². The molecule has 52 valence electrons. The van der Waals surface area contributed by atoms with Gasteiger partial charge >= 0.3 is 0 Å². The smallest absolute Gasteiger partial charge is 0.203 e. The van der Waals surface area contributed by atoms with Crippen LogP contribution in [0.3, 0.4) is 0 Å². The van der Waals surface area contributed by atoms with Crippen molar-refractivity contribution in [1.82, 2.24) is 0 Å². The molecule has 2 aliphatic rings. The first kappa shape index (κ1) is 5.66. The summed E-state index contributed by atoms with van der Waals surface area (Å²) in [7, 11) is 2.15. The molecule has 9 heavy (non-hydrogen) atoms. The number of quaternary nitrogens is 1. The Morgan fingerprint density at radius 3 is 2.33 bits per heavy atom. The van der Waals surface area contributed by atoms with Crippen molar-refractivity contribution >= 4 is 0 Å². The van der Waals surface area contributed by atoms with Gasteiger partial charge in [0.05, 0.1) is 20.0 Å². The van der Waals surface area contributed by atoms with Crippen molar-refractivity contribution < 1.29 is 8.87 Å². The van der Waals surface area contributed by atoms with Crippen LogP contribution in [-0.2, 0) is 0 Å². The number of halogens is 1. The Morgan fingerprint density at radius 1 is 1.67 bits per heavy atom. The average Bonchev–Trinajstić information content (AvgIpc) is 1.84. The summed E-state index contributed by atoms with van der Waals surface area (Å²) < 4.78 is 13.8. The van der Waals surface area contributed by atoms with Crippen molar-refractivity contribution in [2.45, 2.75) is 25.1 Å². The van der Waals surface area contributed by atoms with Crippen molar-refractivity contribution in [2.75, 3.05) is 20.1 Å². The van der Waals surface area contributed by atoms with Crippen LogP contribution in [-0.4, -0.2) is 36.3 Å². The van der Waals surface area contributed by atoms with Crippen molar-refractivity contribution in [3.63, 3.8) is 0 Å². The van der Waals surface area contributed by atoms with Crippen LogP contribution in [0.5, 0.6) is 0 Å².